The van der Waals surface area contributed by atoms with Gasteiger partial charge in [-0.05, 0) is 47.5 Å². The molecule has 0 N–H and O–H groups in total. The molecule has 0 fully saturated rings. The van der Waals surface area contributed by atoms with Crippen molar-refractivity contribution in [2.45, 2.75) is 0 Å². The summed E-state index contributed by atoms with van der Waals surface area (Å²) in [5, 5.41) is 0. The van der Waals surface area contributed by atoms with E-state index in [0.717, 1.165) is 44.5 Å². The Bertz CT molecular complexity index is 1400. The van der Waals surface area contributed by atoms with Crippen LogP contribution in [0.2, 0.25) is 0 Å². The first-order chi connectivity index (χ1) is 15.8. The van der Waals surface area contributed by atoms with Crippen molar-refractivity contribution in [1.29, 1.82) is 0 Å². The van der Waals surface area contributed by atoms with Crippen LogP contribution in [0.4, 0.5) is 0 Å². The fourth-order valence-electron chi connectivity index (χ4n) is 3.83. The summed E-state index contributed by atoms with van der Waals surface area (Å²) in [5.74, 6) is 1.22. The van der Waals surface area contributed by atoms with Crippen molar-refractivity contribution >= 4 is 34.4 Å². The SMILES string of the molecule is C(=C\c1ccccc1-c1nc2ccccc2o1)/c1ccccc1-c1nc2ccccc2o1. The van der Waals surface area contributed by atoms with Crippen LogP contribution < -0.4 is 0 Å². The lowest BCUT2D eigenvalue weighted by molar-refractivity contribution is 0.619. The highest BCUT2D eigenvalue weighted by Crippen LogP contribution is 2.30. The molecule has 0 amide bonds. The number of oxazole rings is 2. The van der Waals surface area contributed by atoms with Gasteiger partial charge in [-0.3, -0.25) is 0 Å². The van der Waals surface area contributed by atoms with E-state index in [1.807, 2.05) is 84.9 Å². The average Bonchev–Trinajstić information content (AvgIpc) is 3.47. The molecule has 4 nitrogen and oxygen atoms in total. The molecule has 32 heavy (non-hydrogen) atoms. The van der Waals surface area contributed by atoms with Crippen LogP contribution in [0.1, 0.15) is 11.1 Å². The summed E-state index contributed by atoms with van der Waals surface area (Å²) in [6.45, 7) is 0. The second-order valence-electron chi connectivity index (χ2n) is 7.48. The topological polar surface area (TPSA) is 52.1 Å². The quantitative estimate of drug-likeness (QED) is 0.281. The van der Waals surface area contributed by atoms with Crippen LogP contribution in [0.25, 0.3) is 57.3 Å². The maximum atomic E-state index is 6.00. The Hall–Kier alpha value is -4.44. The fourth-order valence-corrected chi connectivity index (χ4v) is 3.83. The van der Waals surface area contributed by atoms with Crippen LogP contribution in [0, 0.1) is 0 Å². The Kier molecular flexibility index (Phi) is 4.40. The normalized spacial score (nSPS) is 11.6. The molecule has 4 aromatic carbocycles. The third-order valence-corrected chi connectivity index (χ3v) is 5.41. The average molecular weight is 414 g/mol. The van der Waals surface area contributed by atoms with Crippen molar-refractivity contribution in [2.24, 2.45) is 0 Å². The summed E-state index contributed by atoms with van der Waals surface area (Å²) in [4.78, 5) is 9.32. The molecule has 0 saturated heterocycles. The van der Waals surface area contributed by atoms with Crippen molar-refractivity contribution in [3.8, 4) is 22.9 Å². The lowest BCUT2D eigenvalue weighted by Crippen LogP contribution is -1.85. The molecule has 0 spiro atoms. The molecule has 0 atom stereocenters. The zero-order chi connectivity index (χ0) is 21.3. The first kappa shape index (κ1) is 18.3. The summed E-state index contributed by atoms with van der Waals surface area (Å²) in [6, 6.07) is 31.8. The zero-order valence-electron chi connectivity index (χ0n) is 17.1. The van der Waals surface area contributed by atoms with Gasteiger partial charge in [-0.15, -0.1) is 0 Å². The molecule has 0 bridgehead atoms. The predicted molar refractivity (Wildman–Crippen MR) is 128 cm³/mol. The highest BCUT2D eigenvalue weighted by Gasteiger charge is 2.12. The van der Waals surface area contributed by atoms with Crippen LogP contribution in [-0.4, -0.2) is 9.97 Å². The standard InChI is InChI=1S/C28H18N2O2/c1-3-11-21(27-29-23-13-5-7-15-25(23)31-27)19(9-1)17-18-20-10-2-4-12-22(20)28-30-24-14-6-8-16-26(24)32-28/h1-18H/b18-17+. The second-order valence-corrected chi connectivity index (χ2v) is 7.48. The fraction of sp³-hybridized carbons (Fsp3) is 0. The monoisotopic (exact) mass is 414 g/mol. The zero-order valence-corrected chi connectivity index (χ0v) is 17.1. The van der Waals surface area contributed by atoms with E-state index in [1.165, 1.54) is 0 Å². The molecule has 0 aliphatic carbocycles. The molecular formula is C28H18N2O2. The van der Waals surface area contributed by atoms with E-state index in [0.29, 0.717) is 11.8 Å². The van der Waals surface area contributed by atoms with Gasteiger partial charge in [0.1, 0.15) is 11.0 Å². The Morgan fingerprint density at radius 1 is 0.469 bits per heavy atom. The number of nitrogens with zero attached hydrogens (tertiary/aromatic N) is 2. The largest absolute Gasteiger partial charge is 0.436 e. The number of rotatable bonds is 4. The van der Waals surface area contributed by atoms with Crippen LogP contribution in [0.5, 0.6) is 0 Å². The van der Waals surface area contributed by atoms with Gasteiger partial charge in [0.2, 0.25) is 11.8 Å². The number of para-hydroxylation sites is 4. The molecule has 6 rings (SSSR count). The molecule has 0 aliphatic heterocycles. The van der Waals surface area contributed by atoms with E-state index in [2.05, 4.69) is 34.3 Å². The molecule has 152 valence electrons. The molecule has 0 unspecified atom stereocenters. The first-order valence-electron chi connectivity index (χ1n) is 10.4. The van der Waals surface area contributed by atoms with Crippen LogP contribution in [-0.2, 0) is 0 Å². The molecule has 6 aromatic rings. The lowest BCUT2D eigenvalue weighted by Gasteiger charge is -2.04. The van der Waals surface area contributed by atoms with Crippen LogP contribution in [0.3, 0.4) is 0 Å². The van der Waals surface area contributed by atoms with Crippen LogP contribution in [0.15, 0.2) is 106 Å². The molecule has 2 heterocycles. The van der Waals surface area contributed by atoms with Crippen molar-refractivity contribution in [3.05, 3.63) is 108 Å². The van der Waals surface area contributed by atoms with E-state index < -0.39 is 0 Å². The predicted octanol–water partition coefficient (Wildman–Crippen LogP) is 7.47. The maximum Gasteiger partial charge on any atom is 0.227 e. The Morgan fingerprint density at radius 2 is 0.875 bits per heavy atom. The Morgan fingerprint density at radius 3 is 1.34 bits per heavy atom. The van der Waals surface area contributed by atoms with Crippen molar-refractivity contribution < 1.29 is 8.83 Å². The first-order valence-corrected chi connectivity index (χ1v) is 10.4. The van der Waals surface area contributed by atoms with Gasteiger partial charge in [-0.2, -0.15) is 0 Å². The Labute approximate surface area is 184 Å². The number of hydrogen-bond donors (Lipinski definition) is 0. The van der Waals surface area contributed by atoms with E-state index in [1.54, 1.807) is 0 Å². The third-order valence-electron chi connectivity index (χ3n) is 5.41. The van der Waals surface area contributed by atoms with Gasteiger partial charge in [0.05, 0.1) is 0 Å². The van der Waals surface area contributed by atoms with E-state index in [4.69, 9.17) is 8.83 Å². The minimum atomic E-state index is 0.610. The minimum Gasteiger partial charge on any atom is -0.436 e. The third kappa shape index (κ3) is 3.28. The molecule has 4 heteroatoms. The van der Waals surface area contributed by atoms with Gasteiger partial charge in [-0.25, -0.2) is 9.97 Å². The van der Waals surface area contributed by atoms with Crippen molar-refractivity contribution in [3.63, 3.8) is 0 Å². The summed E-state index contributed by atoms with van der Waals surface area (Å²) in [7, 11) is 0. The van der Waals surface area contributed by atoms with Gasteiger partial charge >= 0.3 is 0 Å². The number of fused-ring (bicyclic) bond motifs is 2. The summed E-state index contributed by atoms with van der Waals surface area (Å²) in [6.07, 6.45) is 4.15. The summed E-state index contributed by atoms with van der Waals surface area (Å²) in [5.41, 5.74) is 7.19. The lowest BCUT2D eigenvalue weighted by atomic mass is 10.0. The maximum absolute atomic E-state index is 6.00. The molecule has 2 aromatic heterocycles. The smallest absolute Gasteiger partial charge is 0.227 e. The molecule has 0 saturated carbocycles. The van der Waals surface area contributed by atoms with Gasteiger partial charge in [0, 0.05) is 11.1 Å². The minimum absolute atomic E-state index is 0.610. The number of benzene rings is 4. The van der Waals surface area contributed by atoms with Gasteiger partial charge in [-0.1, -0.05) is 72.8 Å². The number of aromatic nitrogens is 2. The highest BCUT2D eigenvalue weighted by atomic mass is 16.4. The second kappa shape index (κ2) is 7.67. The van der Waals surface area contributed by atoms with E-state index >= 15 is 0 Å². The van der Waals surface area contributed by atoms with Crippen LogP contribution >= 0.6 is 0 Å². The van der Waals surface area contributed by atoms with Gasteiger partial charge in [0.25, 0.3) is 0 Å². The highest BCUT2D eigenvalue weighted by molar-refractivity contribution is 5.85. The summed E-state index contributed by atoms with van der Waals surface area (Å²) < 4.78 is 12.0. The molecular weight excluding hydrogens is 396 g/mol. The summed E-state index contributed by atoms with van der Waals surface area (Å²) >= 11 is 0. The van der Waals surface area contributed by atoms with Gasteiger partial charge < -0.3 is 8.83 Å². The van der Waals surface area contributed by atoms with Gasteiger partial charge in [0.15, 0.2) is 11.2 Å². The Balaban J connectivity index is 1.40. The molecule has 0 aliphatic rings. The van der Waals surface area contributed by atoms with Crippen molar-refractivity contribution in [1.82, 2.24) is 9.97 Å². The number of hydrogen-bond acceptors (Lipinski definition) is 4. The van der Waals surface area contributed by atoms with E-state index in [-0.39, 0.29) is 0 Å². The van der Waals surface area contributed by atoms with E-state index in [9.17, 15) is 0 Å². The molecule has 0 radical (unpaired) electrons. The van der Waals surface area contributed by atoms with Crippen molar-refractivity contribution in [2.75, 3.05) is 0 Å².